The van der Waals surface area contributed by atoms with Crippen molar-refractivity contribution in [3.05, 3.63) is 29.0 Å². The molecule has 0 N–H and O–H groups in total. The monoisotopic (exact) mass is 373 g/mol. The predicted octanol–water partition coefficient (Wildman–Crippen LogP) is 2.18. The molecular formula is C18H23N5O2S. The molecule has 0 bridgehead atoms. The molecule has 2 aromatic heterocycles. The van der Waals surface area contributed by atoms with Gasteiger partial charge in [-0.2, -0.15) is 5.10 Å². The summed E-state index contributed by atoms with van der Waals surface area (Å²) in [5, 5.41) is 7.02. The van der Waals surface area contributed by atoms with E-state index >= 15 is 0 Å². The van der Waals surface area contributed by atoms with Gasteiger partial charge in [0.15, 0.2) is 5.13 Å². The Labute approximate surface area is 156 Å². The van der Waals surface area contributed by atoms with Crippen molar-refractivity contribution in [3.8, 4) is 0 Å². The van der Waals surface area contributed by atoms with Crippen LogP contribution in [0, 0.1) is 6.92 Å². The number of piperidine rings is 1. The van der Waals surface area contributed by atoms with E-state index in [2.05, 4.69) is 10.1 Å². The average molecular weight is 373 g/mol. The largest absolute Gasteiger partial charge is 0.340 e. The number of carbonyl (C=O) groups is 2. The molecule has 0 aliphatic carbocycles. The van der Waals surface area contributed by atoms with Crippen LogP contribution in [0.15, 0.2) is 17.8 Å². The van der Waals surface area contributed by atoms with E-state index in [-0.39, 0.29) is 17.9 Å². The van der Waals surface area contributed by atoms with Crippen LogP contribution < -0.4 is 4.90 Å². The minimum Gasteiger partial charge on any atom is -0.340 e. The van der Waals surface area contributed by atoms with Crippen LogP contribution in [-0.2, 0) is 16.0 Å². The lowest BCUT2D eigenvalue weighted by molar-refractivity contribution is -0.132. The molecule has 1 atom stereocenters. The zero-order chi connectivity index (χ0) is 18.1. The van der Waals surface area contributed by atoms with Crippen LogP contribution in [0.3, 0.4) is 0 Å². The first-order valence-corrected chi connectivity index (χ1v) is 10.0. The first-order valence-electron chi connectivity index (χ1n) is 9.13. The lowest BCUT2D eigenvalue weighted by Gasteiger charge is -2.32. The van der Waals surface area contributed by atoms with Gasteiger partial charge in [0, 0.05) is 37.6 Å². The maximum atomic E-state index is 12.7. The van der Waals surface area contributed by atoms with E-state index in [4.69, 9.17) is 0 Å². The number of aromatic nitrogens is 3. The van der Waals surface area contributed by atoms with Gasteiger partial charge < -0.3 is 4.90 Å². The number of rotatable bonds is 4. The number of aryl methyl sites for hydroxylation is 1. The second-order valence-corrected chi connectivity index (χ2v) is 7.92. The van der Waals surface area contributed by atoms with E-state index < -0.39 is 0 Å². The third-order valence-corrected chi connectivity index (χ3v) is 5.94. The van der Waals surface area contributed by atoms with Crippen molar-refractivity contribution < 1.29 is 9.59 Å². The molecule has 0 aromatic carbocycles. The zero-order valence-electron chi connectivity index (χ0n) is 14.9. The van der Waals surface area contributed by atoms with Gasteiger partial charge in [0.05, 0.1) is 24.4 Å². The summed E-state index contributed by atoms with van der Waals surface area (Å²) in [5.41, 5.74) is 1.90. The van der Waals surface area contributed by atoms with Crippen molar-refractivity contribution in [2.45, 2.75) is 45.1 Å². The number of anilines is 1. The molecule has 2 amide bonds. The summed E-state index contributed by atoms with van der Waals surface area (Å²) in [4.78, 5) is 32.7. The summed E-state index contributed by atoms with van der Waals surface area (Å²) in [6, 6.07) is 0.245. The lowest BCUT2D eigenvalue weighted by Crippen LogP contribution is -2.41. The topological polar surface area (TPSA) is 71.3 Å². The van der Waals surface area contributed by atoms with E-state index in [1.165, 1.54) is 11.3 Å². The first-order chi connectivity index (χ1) is 12.6. The van der Waals surface area contributed by atoms with E-state index in [1.807, 2.05) is 34.3 Å². The van der Waals surface area contributed by atoms with Crippen LogP contribution in [0.2, 0.25) is 0 Å². The van der Waals surface area contributed by atoms with Crippen molar-refractivity contribution in [1.82, 2.24) is 19.7 Å². The lowest BCUT2D eigenvalue weighted by atomic mass is 10.1. The Kier molecular flexibility index (Phi) is 4.76. The molecule has 4 rings (SSSR count). The van der Waals surface area contributed by atoms with E-state index in [0.717, 1.165) is 48.7 Å². The standard InChI is InChI=1S/C18H23N5O2S/c1-13-9-19-23(10-13)15-4-2-6-21(11-15)17(25)8-14-12-26-18(20-14)22-7-3-5-16(22)24/h9-10,12,15H,2-8,11H2,1H3/t15-/m1/s1. The molecule has 2 aliphatic heterocycles. The molecule has 4 heterocycles. The number of amides is 2. The van der Waals surface area contributed by atoms with Gasteiger partial charge in [0.1, 0.15) is 0 Å². The fourth-order valence-electron chi connectivity index (χ4n) is 3.65. The van der Waals surface area contributed by atoms with Crippen LogP contribution in [0.4, 0.5) is 5.13 Å². The molecule has 26 heavy (non-hydrogen) atoms. The highest BCUT2D eigenvalue weighted by Gasteiger charge is 2.27. The van der Waals surface area contributed by atoms with Crippen molar-refractivity contribution in [3.63, 3.8) is 0 Å². The maximum Gasteiger partial charge on any atom is 0.228 e. The molecule has 0 radical (unpaired) electrons. The van der Waals surface area contributed by atoms with E-state index in [1.54, 1.807) is 4.90 Å². The highest BCUT2D eigenvalue weighted by molar-refractivity contribution is 7.14. The molecule has 2 aliphatic rings. The van der Waals surface area contributed by atoms with Crippen LogP contribution in [-0.4, -0.2) is 51.1 Å². The molecule has 2 fully saturated rings. The maximum absolute atomic E-state index is 12.7. The number of hydrogen-bond acceptors (Lipinski definition) is 5. The summed E-state index contributed by atoms with van der Waals surface area (Å²) in [6.07, 6.45) is 7.70. The number of likely N-dealkylation sites (tertiary alicyclic amines) is 1. The molecule has 2 aromatic rings. The number of nitrogens with zero attached hydrogens (tertiary/aromatic N) is 5. The number of thiazole rings is 1. The quantitative estimate of drug-likeness (QED) is 0.824. The van der Waals surface area contributed by atoms with Gasteiger partial charge in [0.25, 0.3) is 0 Å². The summed E-state index contributed by atoms with van der Waals surface area (Å²) in [7, 11) is 0. The Morgan fingerprint density at radius 2 is 2.23 bits per heavy atom. The molecular weight excluding hydrogens is 350 g/mol. The second kappa shape index (κ2) is 7.19. The fourth-order valence-corrected chi connectivity index (χ4v) is 4.52. The highest BCUT2D eigenvalue weighted by atomic mass is 32.1. The van der Waals surface area contributed by atoms with Crippen molar-refractivity contribution in [1.29, 1.82) is 0 Å². The Bertz CT molecular complexity index is 814. The minimum atomic E-state index is 0.100. The normalized spacial score (nSPS) is 20.8. The Hall–Kier alpha value is -2.22. The van der Waals surface area contributed by atoms with Crippen LogP contribution >= 0.6 is 11.3 Å². The third-order valence-electron chi connectivity index (χ3n) is 5.03. The number of hydrogen-bond donors (Lipinski definition) is 0. The molecule has 7 nitrogen and oxygen atoms in total. The van der Waals surface area contributed by atoms with Gasteiger partial charge in [-0.05, 0) is 31.7 Å². The van der Waals surface area contributed by atoms with Gasteiger partial charge >= 0.3 is 0 Å². The molecule has 0 spiro atoms. The smallest absolute Gasteiger partial charge is 0.228 e. The number of carbonyl (C=O) groups excluding carboxylic acids is 2. The van der Waals surface area contributed by atoms with Crippen LogP contribution in [0.5, 0.6) is 0 Å². The minimum absolute atomic E-state index is 0.100. The molecule has 0 unspecified atom stereocenters. The Morgan fingerprint density at radius 3 is 2.96 bits per heavy atom. The Balaban J connectivity index is 1.38. The van der Waals surface area contributed by atoms with Crippen molar-refractivity contribution in [2.75, 3.05) is 24.5 Å². The van der Waals surface area contributed by atoms with Gasteiger partial charge in [-0.25, -0.2) is 4.98 Å². The van der Waals surface area contributed by atoms with Crippen molar-refractivity contribution >= 4 is 28.3 Å². The molecule has 8 heteroatoms. The summed E-state index contributed by atoms with van der Waals surface area (Å²) < 4.78 is 1.98. The third kappa shape index (κ3) is 3.51. The van der Waals surface area contributed by atoms with Gasteiger partial charge in [-0.15, -0.1) is 11.3 Å². The van der Waals surface area contributed by atoms with E-state index in [9.17, 15) is 9.59 Å². The SMILES string of the molecule is Cc1cnn([C@@H]2CCCN(C(=O)Cc3csc(N4CCCC4=O)n3)C2)c1. The van der Waals surface area contributed by atoms with Gasteiger partial charge in [-0.1, -0.05) is 0 Å². The highest BCUT2D eigenvalue weighted by Crippen LogP contribution is 2.26. The fraction of sp³-hybridized carbons (Fsp3) is 0.556. The predicted molar refractivity (Wildman–Crippen MR) is 99.2 cm³/mol. The molecule has 2 saturated heterocycles. The van der Waals surface area contributed by atoms with E-state index in [0.29, 0.717) is 19.4 Å². The Morgan fingerprint density at radius 1 is 1.35 bits per heavy atom. The summed E-state index contributed by atoms with van der Waals surface area (Å²) in [5.74, 6) is 0.230. The van der Waals surface area contributed by atoms with Crippen LogP contribution in [0.1, 0.15) is 43.0 Å². The van der Waals surface area contributed by atoms with Crippen LogP contribution in [0.25, 0.3) is 0 Å². The summed E-state index contributed by atoms with van der Waals surface area (Å²) in [6.45, 7) is 4.25. The summed E-state index contributed by atoms with van der Waals surface area (Å²) >= 11 is 1.45. The second-order valence-electron chi connectivity index (χ2n) is 7.08. The molecule has 0 saturated carbocycles. The van der Waals surface area contributed by atoms with Gasteiger partial charge in [0.2, 0.25) is 11.8 Å². The van der Waals surface area contributed by atoms with Gasteiger partial charge in [-0.3, -0.25) is 19.2 Å². The average Bonchev–Trinajstić information content (AvgIpc) is 3.36. The van der Waals surface area contributed by atoms with Crippen molar-refractivity contribution in [2.24, 2.45) is 0 Å². The molecule has 138 valence electrons. The first kappa shape index (κ1) is 17.2. The zero-order valence-corrected chi connectivity index (χ0v) is 15.7.